The van der Waals surface area contributed by atoms with Gasteiger partial charge in [0.2, 0.25) is 11.8 Å². The molecule has 1 aliphatic carbocycles. The molecule has 7 nitrogen and oxygen atoms in total. The topological polar surface area (TPSA) is 102 Å². The monoisotopic (exact) mass is 251 g/mol. The summed E-state index contributed by atoms with van der Waals surface area (Å²) in [5.41, 5.74) is 6.00. The number of hydrogen-bond donors (Lipinski definition) is 3. The van der Waals surface area contributed by atoms with Crippen LogP contribution in [0.2, 0.25) is 0 Å². The molecule has 1 aromatic heterocycles. The van der Waals surface area contributed by atoms with Crippen molar-refractivity contribution < 1.29 is 9.59 Å². The Morgan fingerprint density at radius 3 is 2.83 bits per heavy atom. The third kappa shape index (κ3) is 4.08. The number of nitrogens with one attached hydrogen (secondary N) is 2. The number of nitrogens with zero attached hydrogens (tertiary/aromatic N) is 2. The highest BCUT2D eigenvalue weighted by Gasteiger charge is 2.22. The van der Waals surface area contributed by atoms with E-state index in [2.05, 4.69) is 15.7 Å². The Morgan fingerprint density at radius 1 is 1.44 bits per heavy atom. The van der Waals surface area contributed by atoms with Crippen molar-refractivity contribution in [2.75, 3.05) is 12.3 Å². The Kier molecular flexibility index (Phi) is 3.81. The number of nitrogens with two attached hydrogens (primary N) is 1. The zero-order chi connectivity index (χ0) is 13.0. The van der Waals surface area contributed by atoms with E-state index in [4.69, 9.17) is 5.73 Å². The molecular formula is C11H17N5O2. The number of amides is 2. The largest absolute Gasteiger partial charge is 0.396 e. The molecule has 1 aliphatic rings. The number of hydrogen-bond acceptors (Lipinski definition) is 4. The van der Waals surface area contributed by atoms with E-state index < -0.39 is 0 Å². The van der Waals surface area contributed by atoms with Gasteiger partial charge in [0.25, 0.3) is 0 Å². The van der Waals surface area contributed by atoms with E-state index in [0.717, 1.165) is 12.8 Å². The average molecular weight is 251 g/mol. The maximum Gasteiger partial charge on any atom is 0.241 e. The van der Waals surface area contributed by atoms with Crippen LogP contribution < -0.4 is 16.4 Å². The minimum atomic E-state index is -0.183. The van der Waals surface area contributed by atoms with Crippen LogP contribution in [0.25, 0.3) is 0 Å². The van der Waals surface area contributed by atoms with Crippen LogP contribution in [0.4, 0.5) is 5.69 Å². The Bertz CT molecular complexity index is 438. The van der Waals surface area contributed by atoms with Crippen molar-refractivity contribution >= 4 is 17.5 Å². The molecule has 0 unspecified atom stereocenters. The molecular weight excluding hydrogens is 234 g/mol. The smallest absolute Gasteiger partial charge is 0.241 e. The second kappa shape index (κ2) is 5.52. The van der Waals surface area contributed by atoms with Crippen molar-refractivity contribution in [3.63, 3.8) is 0 Å². The standard InChI is InChI=1S/C11H17N5O2/c12-8-5-14-16(6-8)7-11(18)13-4-3-10(17)15-9-1-2-9/h5-6,9H,1-4,7,12H2,(H,13,18)(H,15,17). The van der Waals surface area contributed by atoms with Gasteiger partial charge in [0.05, 0.1) is 11.9 Å². The Morgan fingerprint density at radius 2 is 2.22 bits per heavy atom. The number of rotatable bonds is 6. The quantitative estimate of drug-likeness (QED) is 0.619. The summed E-state index contributed by atoms with van der Waals surface area (Å²) in [6.07, 6.45) is 5.51. The van der Waals surface area contributed by atoms with E-state index in [9.17, 15) is 9.59 Å². The van der Waals surface area contributed by atoms with Crippen LogP contribution in [-0.2, 0) is 16.1 Å². The number of carbonyl (C=O) groups excluding carboxylic acids is 2. The molecule has 18 heavy (non-hydrogen) atoms. The molecule has 0 spiro atoms. The lowest BCUT2D eigenvalue weighted by molar-refractivity contribution is -0.122. The predicted molar refractivity (Wildman–Crippen MR) is 65.4 cm³/mol. The van der Waals surface area contributed by atoms with E-state index in [0.29, 0.717) is 24.7 Å². The van der Waals surface area contributed by atoms with E-state index in [1.54, 1.807) is 6.20 Å². The Balaban J connectivity index is 1.60. The van der Waals surface area contributed by atoms with Crippen LogP contribution in [0.3, 0.4) is 0 Å². The lowest BCUT2D eigenvalue weighted by atomic mass is 10.4. The van der Waals surface area contributed by atoms with Crippen LogP contribution in [0, 0.1) is 0 Å². The summed E-state index contributed by atoms with van der Waals surface area (Å²) in [5.74, 6) is -0.196. The van der Waals surface area contributed by atoms with Gasteiger partial charge >= 0.3 is 0 Å². The van der Waals surface area contributed by atoms with Gasteiger partial charge in [-0.25, -0.2) is 0 Å². The minimum absolute atomic E-state index is 0.0128. The van der Waals surface area contributed by atoms with Gasteiger partial charge < -0.3 is 16.4 Å². The molecule has 0 aliphatic heterocycles. The molecule has 1 aromatic rings. The van der Waals surface area contributed by atoms with Crippen molar-refractivity contribution in [2.45, 2.75) is 31.8 Å². The summed E-state index contributed by atoms with van der Waals surface area (Å²) in [6, 6.07) is 0.361. The van der Waals surface area contributed by atoms with Crippen molar-refractivity contribution in [3.05, 3.63) is 12.4 Å². The summed E-state index contributed by atoms with van der Waals surface area (Å²) < 4.78 is 1.45. The molecule has 1 fully saturated rings. The molecule has 98 valence electrons. The fourth-order valence-corrected chi connectivity index (χ4v) is 1.51. The van der Waals surface area contributed by atoms with Gasteiger partial charge in [-0.2, -0.15) is 5.10 Å². The lowest BCUT2D eigenvalue weighted by Gasteiger charge is -2.05. The molecule has 0 radical (unpaired) electrons. The summed E-state index contributed by atoms with van der Waals surface area (Å²) in [6.45, 7) is 0.454. The average Bonchev–Trinajstić information content (AvgIpc) is 3.01. The second-order valence-electron chi connectivity index (χ2n) is 4.41. The summed E-state index contributed by atoms with van der Waals surface area (Å²) in [5, 5.41) is 9.42. The van der Waals surface area contributed by atoms with Crippen molar-refractivity contribution in [2.24, 2.45) is 0 Å². The predicted octanol–water partition coefficient (Wildman–Crippen LogP) is -0.750. The second-order valence-corrected chi connectivity index (χ2v) is 4.41. The van der Waals surface area contributed by atoms with Gasteiger partial charge in [-0.05, 0) is 12.8 Å². The highest BCUT2D eigenvalue weighted by Crippen LogP contribution is 2.18. The third-order valence-electron chi connectivity index (χ3n) is 2.58. The SMILES string of the molecule is Nc1cnn(CC(=O)NCCC(=O)NC2CC2)c1. The summed E-state index contributed by atoms with van der Waals surface area (Å²) in [4.78, 5) is 22.8. The van der Waals surface area contributed by atoms with E-state index in [1.165, 1.54) is 10.9 Å². The molecule has 1 heterocycles. The van der Waals surface area contributed by atoms with E-state index in [-0.39, 0.29) is 18.4 Å². The molecule has 4 N–H and O–H groups in total. The molecule has 0 bridgehead atoms. The number of anilines is 1. The first kappa shape index (κ1) is 12.4. The lowest BCUT2D eigenvalue weighted by Crippen LogP contribution is -2.33. The van der Waals surface area contributed by atoms with E-state index in [1.807, 2.05) is 0 Å². The Hall–Kier alpha value is -2.05. The highest BCUT2D eigenvalue weighted by molar-refractivity contribution is 5.79. The third-order valence-corrected chi connectivity index (χ3v) is 2.58. The van der Waals surface area contributed by atoms with Gasteiger partial charge in [0.1, 0.15) is 6.54 Å². The van der Waals surface area contributed by atoms with E-state index >= 15 is 0 Å². The van der Waals surface area contributed by atoms with Crippen LogP contribution in [0.5, 0.6) is 0 Å². The zero-order valence-electron chi connectivity index (χ0n) is 10.1. The van der Waals surface area contributed by atoms with Gasteiger partial charge in [-0.1, -0.05) is 0 Å². The van der Waals surface area contributed by atoms with Crippen LogP contribution in [0.1, 0.15) is 19.3 Å². The molecule has 1 saturated carbocycles. The minimum Gasteiger partial charge on any atom is -0.396 e. The summed E-state index contributed by atoms with van der Waals surface area (Å²) >= 11 is 0. The van der Waals surface area contributed by atoms with Gasteiger partial charge in [0.15, 0.2) is 0 Å². The van der Waals surface area contributed by atoms with Crippen molar-refractivity contribution in [1.82, 2.24) is 20.4 Å². The first-order chi connectivity index (χ1) is 8.63. The van der Waals surface area contributed by atoms with Crippen LogP contribution in [-0.4, -0.2) is 34.2 Å². The van der Waals surface area contributed by atoms with Gasteiger partial charge in [-0.15, -0.1) is 0 Å². The fourth-order valence-electron chi connectivity index (χ4n) is 1.51. The van der Waals surface area contributed by atoms with Crippen LogP contribution in [0.15, 0.2) is 12.4 Å². The fraction of sp³-hybridized carbons (Fsp3) is 0.545. The highest BCUT2D eigenvalue weighted by atomic mass is 16.2. The zero-order valence-corrected chi connectivity index (χ0v) is 10.1. The number of carbonyl (C=O) groups is 2. The molecule has 0 atom stereocenters. The van der Waals surface area contributed by atoms with Gasteiger partial charge in [0, 0.05) is 25.2 Å². The van der Waals surface area contributed by atoms with Crippen LogP contribution >= 0.6 is 0 Å². The van der Waals surface area contributed by atoms with Crippen molar-refractivity contribution in [3.8, 4) is 0 Å². The van der Waals surface area contributed by atoms with Gasteiger partial charge in [-0.3, -0.25) is 14.3 Å². The maximum atomic E-state index is 11.5. The first-order valence-corrected chi connectivity index (χ1v) is 5.97. The molecule has 2 amide bonds. The molecule has 2 rings (SSSR count). The normalized spacial score (nSPS) is 14.2. The molecule has 7 heteroatoms. The maximum absolute atomic E-state index is 11.5. The summed E-state index contributed by atoms with van der Waals surface area (Å²) in [7, 11) is 0. The molecule has 0 saturated heterocycles. The first-order valence-electron chi connectivity index (χ1n) is 5.97. The number of aromatic nitrogens is 2. The molecule has 0 aromatic carbocycles. The number of nitrogen functional groups attached to an aromatic ring is 1. The Labute approximate surface area is 105 Å². The van der Waals surface area contributed by atoms with Crippen molar-refractivity contribution in [1.29, 1.82) is 0 Å².